The Morgan fingerprint density at radius 3 is 1.62 bits per heavy atom. The van der Waals surface area contributed by atoms with E-state index in [0.29, 0.717) is 6.04 Å². The van der Waals surface area contributed by atoms with E-state index in [1.165, 1.54) is 128 Å². The van der Waals surface area contributed by atoms with Gasteiger partial charge in [-0.15, -0.1) is 0 Å². The van der Waals surface area contributed by atoms with Gasteiger partial charge in [0.1, 0.15) is 0 Å². The molecule has 0 amide bonds. The number of rotatable bonds is 27. The zero-order chi connectivity index (χ0) is 25.0. The highest BCUT2D eigenvalue weighted by molar-refractivity contribution is 4.92. The van der Waals surface area contributed by atoms with Crippen LogP contribution in [0, 0.1) is 0 Å². The third-order valence-corrected chi connectivity index (χ3v) is 6.92. The molecule has 1 atom stereocenters. The summed E-state index contributed by atoms with van der Waals surface area (Å²) in [5, 5.41) is 0. The minimum absolute atomic E-state index is 0.588. The van der Waals surface area contributed by atoms with Crippen molar-refractivity contribution in [3.05, 3.63) is 24.3 Å². The fraction of sp³-hybridized carbons (Fsp3) is 0.875. The molecule has 0 aliphatic rings. The summed E-state index contributed by atoms with van der Waals surface area (Å²) in [5.41, 5.74) is 0. The van der Waals surface area contributed by atoms with Crippen LogP contribution in [-0.4, -0.2) is 38.3 Å². The van der Waals surface area contributed by atoms with Crippen molar-refractivity contribution >= 4 is 0 Å². The molecule has 34 heavy (non-hydrogen) atoms. The molecule has 0 saturated carbocycles. The highest BCUT2D eigenvalue weighted by Gasteiger charge is 2.11. The number of hydrogen-bond acceptors (Lipinski definition) is 2. The van der Waals surface area contributed by atoms with Gasteiger partial charge in [-0.25, -0.2) is 0 Å². The molecule has 0 aromatic heterocycles. The number of unbranched alkanes of at least 4 members (excludes halogenated alkanes) is 16. The second kappa shape index (κ2) is 28.6. The van der Waals surface area contributed by atoms with Crippen molar-refractivity contribution in [3.63, 3.8) is 0 Å². The van der Waals surface area contributed by atoms with Crippen molar-refractivity contribution in [3.8, 4) is 0 Å². The Labute approximate surface area is 216 Å². The normalized spacial score (nSPS) is 13.1. The maximum atomic E-state index is 6.04. The molecule has 0 heterocycles. The Morgan fingerprint density at radius 1 is 0.559 bits per heavy atom. The van der Waals surface area contributed by atoms with E-state index in [1.807, 2.05) is 0 Å². The number of ether oxygens (including phenoxy) is 1. The van der Waals surface area contributed by atoms with Gasteiger partial charge < -0.3 is 9.64 Å². The first kappa shape index (κ1) is 33.4. The molecule has 0 aromatic rings. The van der Waals surface area contributed by atoms with Gasteiger partial charge >= 0.3 is 0 Å². The highest BCUT2D eigenvalue weighted by Crippen LogP contribution is 2.13. The molecule has 0 aliphatic carbocycles. The molecule has 2 nitrogen and oxygen atoms in total. The summed E-state index contributed by atoms with van der Waals surface area (Å²) in [6.07, 6.45) is 37.5. The Bertz CT molecular complexity index is 429. The Kier molecular flexibility index (Phi) is 28.1. The molecule has 2 heteroatoms. The van der Waals surface area contributed by atoms with Crippen LogP contribution in [0.2, 0.25) is 0 Å². The molecular weight excluding hydrogens is 414 g/mol. The van der Waals surface area contributed by atoms with E-state index in [4.69, 9.17) is 4.74 Å². The van der Waals surface area contributed by atoms with Crippen molar-refractivity contribution in [2.24, 2.45) is 0 Å². The first-order valence-electron chi connectivity index (χ1n) is 15.3. The van der Waals surface area contributed by atoms with Gasteiger partial charge in [0.2, 0.25) is 0 Å². The van der Waals surface area contributed by atoms with Crippen molar-refractivity contribution in [2.45, 2.75) is 155 Å². The van der Waals surface area contributed by atoms with Crippen LogP contribution in [0.25, 0.3) is 0 Å². The number of likely N-dealkylation sites (N-methyl/N-ethyl adjacent to an activating group) is 1. The molecule has 0 bridgehead atoms. The lowest BCUT2D eigenvalue weighted by atomic mass is 10.0. The van der Waals surface area contributed by atoms with E-state index in [2.05, 4.69) is 57.1 Å². The fourth-order valence-corrected chi connectivity index (χ4v) is 4.42. The molecule has 0 saturated heterocycles. The molecule has 0 aromatic carbocycles. The van der Waals surface area contributed by atoms with Gasteiger partial charge in [-0.2, -0.15) is 0 Å². The summed E-state index contributed by atoms with van der Waals surface area (Å²) >= 11 is 0. The van der Waals surface area contributed by atoms with Crippen LogP contribution in [0.1, 0.15) is 149 Å². The average Bonchev–Trinajstić information content (AvgIpc) is 2.83. The zero-order valence-corrected chi connectivity index (χ0v) is 24.0. The Hall–Kier alpha value is -0.600. The average molecular weight is 478 g/mol. The first-order chi connectivity index (χ1) is 16.7. The predicted molar refractivity (Wildman–Crippen MR) is 155 cm³/mol. The molecular formula is C32H63NO. The lowest BCUT2D eigenvalue weighted by molar-refractivity contribution is 0.0721. The van der Waals surface area contributed by atoms with Gasteiger partial charge in [-0.1, -0.05) is 128 Å². The lowest BCUT2D eigenvalue weighted by Gasteiger charge is -2.24. The summed E-state index contributed by atoms with van der Waals surface area (Å²) in [7, 11) is 4.42. The summed E-state index contributed by atoms with van der Waals surface area (Å²) in [5.74, 6) is 0. The third-order valence-electron chi connectivity index (χ3n) is 6.92. The number of nitrogens with zero attached hydrogens (tertiary/aromatic N) is 1. The Balaban J connectivity index is 3.44. The summed E-state index contributed by atoms with van der Waals surface area (Å²) < 4.78 is 6.04. The SMILES string of the molecule is CCCCC/C=C\C/C=C\CCCCCCCCOC[C@H](CCCCCCCCCC)N(C)C. The van der Waals surface area contributed by atoms with Crippen LogP contribution in [0.3, 0.4) is 0 Å². The van der Waals surface area contributed by atoms with Crippen molar-refractivity contribution < 1.29 is 4.74 Å². The van der Waals surface area contributed by atoms with E-state index in [-0.39, 0.29) is 0 Å². The Morgan fingerprint density at radius 2 is 1.03 bits per heavy atom. The molecule has 0 unspecified atom stereocenters. The molecule has 202 valence electrons. The van der Waals surface area contributed by atoms with E-state index in [1.54, 1.807) is 0 Å². The van der Waals surface area contributed by atoms with Crippen molar-refractivity contribution in [1.82, 2.24) is 4.90 Å². The summed E-state index contributed by atoms with van der Waals surface area (Å²) in [4.78, 5) is 2.36. The highest BCUT2D eigenvalue weighted by atomic mass is 16.5. The fourth-order valence-electron chi connectivity index (χ4n) is 4.42. The zero-order valence-electron chi connectivity index (χ0n) is 24.0. The molecule has 0 N–H and O–H groups in total. The van der Waals surface area contributed by atoms with Crippen LogP contribution in [0.4, 0.5) is 0 Å². The van der Waals surface area contributed by atoms with Crippen LogP contribution in [0.5, 0.6) is 0 Å². The third kappa shape index (κ3) is 26.0. The summed E-state index contributed by atoms with van der Waals surface area (Å²) in [6, 6.07) is 0.588. The molecule has 0 fully saturated rings. The van der Waals surface area contributed by atoms with E-state index >= 15 is 0 Å². The second-order valence-electron chi connectivity index (χ2n) is 10.5. The number of hydrogen-bond donors (Lipinski definition) is 0. The molecule has 0 radical (unpaired) electrons. The maximum Gasteiger partial charge on any atom is 0.0621 e. The summed E-state index contributed by atoms with van der Waals surface area (Å²) in [6.45, 7) is 6.41. The van der Waals surface area contributed by atoms with Gasteiger partial charge in [0.15, 0.2) is 0 Å². The van der Waals surface area contributed by atoms with Crippen LogP contribution in [0.15, 0.2) is 24.3 Å². The van der Waals surface area contributed by atoms with E-state index in [0.717, 1.165) is 19.6 Å². The minimum Gasteiger partial charge on any atom is -0.380 e. The van der Waals surface area contributed by atoms with Gasteiger partial charge in [0.25, 0.3) is 0 Å². The van der Waals surface area contributed by atoms with Crippen molar-refractivity contribution in [1.29, 1.82) is 0 Å². The van der Waals surface area contributed by atoms with Crippen LogP contribution >= 0.6 is 0 Å². The molecule has 0 spiro atoms. The van der Waals surface area contributed by atoms with Gasteiger partial charge in [0.05, 0.1) is 6.61 Å². The van der Waals surface area contributed by atoms with Gasteiger partial charge in [0, 0.05) is 12.6 Å². The molecule has 0 aliphatic heterocycles. The largest absolute Gasteiger partial charge is 0.380 e. The smallest absolute Gasteiger partial charge is 0.0621 e. The number of allylic oxidation sites excluding steroid dienone is 4. The van der Waals surface area contributed by atoms with E-state index < -0.39 is 0 Å². The lowest BCUT2D eigenvalue weighted by Crippen LogP contribution is -2.32. The standard InChI is InChI=1S/C32H63NO/c1-5-7-9-11-13-15-16-17-18-19-20-21-22-24-26-28-30-34-31-32(33(3)4)29-27-25-23-14-12-10-8-6-2/h13,15,17-18,32H,5-12,14,16,19-31H2,1-4H3/b15-13-,18-17-/t32-/m0/s1. The van der Waals surface area contributed by atoms with Crippen LogP contribution in [-0.2, 0) is 4.74 Å². The van der Waals surface area contributed by atoms with Crippen LogP contribution < -0.4 is 0 Å². The first-order valence-corrected chi connectivity index (χ1v) is 15.3. The molecule has 0 rings (SSSR count). The van der Waals surface area contributed by atoms with E-state index in [9.17, 15) is 0 Å². The maximum absolute atomic E-state index is 6.04. The van der Waals surface area contributed by atoms with Crippen molar-refractivity contribution in [2.75, 3.05) is 27.3 Å². The van der Waals surface area contributed by atoms with Gasteiger partial charge in [-0.3, -0.25) is 0 Å². The van der Waals surface area contributed by atoms with Gasteiger partial charge in [-0.05, 0) is 59.0 Å². The topological polar surface area (TPSA) is 12.5 Å². The second-order valence-corrected chi connectivity index (χ2v) is 10.5. The monoisotopic (exact) mass is 477 g/mol. The predicted octanol–water partition coefficient (Wildman–Crippen LogP) is 10.3. The minimum atomic E-state index is 0.588. The quantitative estimate of drug-likeness (QED) is 0.0861.